The third-order valence-corrected chi connectivity index (χ3v) is 4.18. The first-order chi connectivity index (χ1) is 12.2. The lowest BCUT2D eigenvalue weighted by atomic mass is 10.2. The Morgan fingerprint density at radius 3 is 2.50 bits per heavy atom. The van der Waals surface area contributed by atoms with Crippen LogP contribution in [0.15, 0.2) is 36.5 Å². The second-order valence-electron chi connectivity index (χ2n) is 5.27. The minimum atomic E-state index is -4.56. The standard InChI is InChI=1S/C16H11F3N4O2S/c1-8(24)21-10-3-4-11-12(6-10)26-15(22-11)23-14(25)9-2-5-13(20-7-9)16(17,18)19/h2-7H,1H3,(H,21,24)(H,22,23,25). The quantitative estimate of drug-likeness (QED) is 0.721. The number of amides is 2. The molecule has 3 rings (SSSR count). The Morgan fingerprint density at radius 1 is 1.12 bits per heavy atom. The summed E-state index contributed by atoms with van der Waals surface area (Å²) in [6.07, 6.45) is -3.70. The van der Waals surface area contributed by atoms with Crippen molar-refractivity contribution in [2.24, 2.45) is 0 Å². The second-order valence-corrected chi connectivity index (χ2v) is 6.30. The summed E-state index contributed by atoms with van der Waals surface area (Å²) in [5, 5.41) is 5.45. The predicted octanol–water partition coefficient (Wildman–Crippen LogP) is 3.92. The highest BCUT2D eigenvalue weighted by Crippen LogP contribution is 2.29. The van der Waals surface area contributed by atoms with Gasteiger partial charge in [0.1, 0.15) is 5.69 Å². The molecule has 10 heteroatoms. The van der Waals surface area contributed by atoms with Gasteiger partial charge in [-0.15, -0.1) is 0 Å². The number of hydrogen-bond acceptors (Lipinski definition) is 5. The molecule has 0 aliphatic rings. The molecule has 0 atom stereocenters. The SMILES string of the molecule is CC(=O)Nc1ccc2nc(NC(=O)c3ccc(C(F)(F)F)nc3)sc2c1. The van der Waals surface area contributed by atoms with Crippen LogP contribution in [0.1, 0.15) is 23.0 Å². The van der Waals surface area contributed by atoms with Crippen LogP contribution in [0.5, 0.6) is 0 Å². The van der Waals surface area contributed by atoms with Gasteiger partial charge in [-0.05, 0) is 30.3 Å². The number of hydrogen-bond donors (Lipinski definition) is 2. The number of benzene rings is 1. The van der Waals surface area contributed by atoms with E-state index < -0.39 is 17.8 Å². The van der Waals surface area contributed by atoms with Crippen LogP contribution in [0.3, 0.4) is 0 Å². The lowest BCUT2D eigenvalue weighted by Gasteiger charge is -2.06. The van der Waals surface area contributed by atoms with E-state index in [1.165, 1.54) is 18.3 Å². The summed E-state index contributed by atoms with van der Waals surface area (Å²) >= 11 is 1.17. The van der Waals surface area contributed by atoms with E-state index in [1.54, 1.807) is 18.2 Å². The molecule has 0 unspecified atom stereocenters. The molecule has 0 fully saturated rings. The van der Waals surface area contributed by atoms with Crippen LogP contribution in [0, 0.1) is 0 Å². The number of halogens is 3. The van der Waals surface area contributed by atoms with Crippen molar-refractivity contribution in [1.29, 1.82) is 0 Å². The Bertz CT molecular complexity index is 983. The zero-order valence-electron chi connectivity index (χ0n) is 13.2. The summed E-state index contributed by atoms with van der Waals surface area (Å²) in [4.78, 5) is 30.7. The number of carbonyl (C=O) groups excluding carboxylic acids is 2. The van der Waals surface area contributed by atoms with Crippen molar-refractivity contribution in [3.63, 3.8) is 0 Å². The van der Waals surface area contributed by atoms with E-state index in [4.69, 9.17) is 0 Å². The molecule has 1 aromatic carbocycles. The molecule has 26 heavy (non-hydrogen) atoms. The van der Waals surface area contributed by atoms with Gasteiger partial charge < -0.3 is 5.32 Å². The number of carbonyl (C=O) groups is 2. The van der Waals surface area contributed by atoms with Gasteiger partial charge in [0.25, 0.3) is 5.91 Å². The topological polar surface area (TPSA) is 84.0 Å². The van der Waals surface area contributed by atoms with Crippen molar-refractivity contribution in [2.45, 2.75) is 13.1 Å². The fourth-order valence-electron chi connectivity index (χ4n) is 2.12. The fraction of sp³-hybridized carbons (Fsp3) is 0.125. The molecule has 2 N–H and O–H groups in total. The molecule has 2 heterocycles. The molecule has 0 bridgehead atoms. The summed E-state index contributed by atoms with van der Waals surface area (Å²) in [6.45, 7) is 1.39. The normalized spacial score (nSPS) is 11.4. The number of pyridine rings is 1. The monoisotopic (exact) mass is 380 g/mol. The van der Waals surface area contributed by atoms with Crippen molar-refractivity contribution in [3.05, 3.63) is 47.8 Å². The van der Waals surface area contributed by atoms with E-state index in [-0.39, 0.29) is 16.6 Å². The molecular formula is C16H11F3N4O2S. The molecule has 6 nitrogen and oxygen atoms in total. The zero-order valence-corrected chi connectivity index (χ0v) is 14.0. The summed E-state index contributed by atoms with van der Waals surface area (Å²) in [5.41, 5.74) is 0.124. The number of alkyl halides is 3. The van der Waals surface area contributed by atoms with Crippen LogP contribution >= 0.6 is 11.3 Å². The van der Waals surface area contributed by atoms with Crippen molar-refractivity contribution in [3.8, 4) is 0 Å². The average Bonchev–Trinajstić information content (AvgIpc) is 2.95. The van der Waals surface area contributed by atoms with Gasteiger partial charge in [0.2, 0.25) is 5.91 Å². The third kappa shape index (κ3) is 3.97. The Balaban J connectivity index is 1.77. The molecule has 0 saturated carbocycles. The molecule has 0 radical (unpaired) electrons. The smallest absolute Gasteiger partial charge is 0.326 e. The first-order valence-corrected chi connectivity index (χ1v) is 8.07. The fourth-order valence-corrected chi connectivity index (χ4v) is 3.02. The molecule has 3 aromatic rings. The first-order valence-electron chi connectivity index (χ1n) is 7.25. The maximum absolute atomic E-state index is 12.5. The minimum Gasteiger partial charge on any atom is -0.326 e. The summed E-state index contributed by atoms with van der Waals surface area (Å²) < 4.78 is 38.2. The number of nitrogens with zero attached hydrogens (tertiary/aromatic N) is 2. The number of nitrogens with one attached hydrogen (secondary N) is 2. The Morgan fingerprint density at radius 2 is 1.88 bits per heavy atom. The third-order valence-electron chi connectivity index (χ3n) is 3.25. The van der Waals surface area contributed by atoms with Crippen molar-refractivity contribution < 1.29 is 22.8 Å². The van der Waals surface area contributed by atoms with Gasteiger partial charge in [-0.2, -0.15) is 13.2 Å². The molecule has 134 valence electrons. The van der Waals surface area contributed by atoms with E-state index in [0.29, 0.717) is 11.2 Å². The van der Waals surface area contributed by atoms with E-state index in [0.717, 1.165) is 23.0 Å². The first kappa shape index (κ1) is 17.8. The molecule has 0 spiro atoms. The van der Waals surface area contributed by atoms with Crippen molar-refractivity contribution >= 4 is 44.2 Å². The van der Waals surface area contributed by atoms with Crippen LogP contribution in [-0.4, -0.2) is 21.8 Å². The van der Waals surface area contributed by atoms with E-state index in [9.17, 15) is 22.8 Å². The van der Waals surface area contributed by atoms with Crippen LogP contribution in [-0.2, 0) is 11.0 Å². The molecule has 0 aliphatic carbocycles. The highest BCUT2D eigenvalue weighted by molar-refractivity contribution is 7.22. The summed E-state index contributed by atoms with van der Waals surface area (Å²) in [5.74, 6) is -0.829. The molecule has 2 amide bonds. The van der Waals surface area contributed by atoms with Crippen LogP contribution in [0.25, 0.3) is 10.2 Å². The molecule has 2 aromatic heterocycles. The van der Waals surface area contributed by atoms with Gasteiger partial charge >= 0.3 is 6.18 Å². The highest BCUT2D eigenvalue weighted by Gasteiger charge is 2.32. The number of thiazole rings is 1. The Kier molecular flexibility index (Phi) is 4.60. The second kappa shape index (κ2) is 6.71. The van der Waals surface area contributed by atoms with Crippen LogP contribution in [0.4, 0.5) is 24.0 Å². The van der Waals surface area contributed by atoms with Gasteiger partial charge in [-0.1, -0.05) is 11.3 Å². The zero-order chi connectivity index (χ0) is 18.9. The largest absolute Gasteiger partial charge is 0.433 e. The molecule has 0 aliphatic heterocycles. The van der Waals surface area contributed by atoms with Gasteiger partial charge in [0.15, 0.2) is 5.13 Å². The Hall–Kier alpha value is -3.01. The van der Waals surface area contributed by atoms with E-state index in [1.807, 2.05) is 0 Å². The predicted molar refractivity (Wildman–Crippen MR) is 91.1 cm³/mol. The number of aromatic nitrogens is 2. The number of anilines is 2. The van der Waals surface area contributed by atoms with E-state index >= 15 is 0 Å². The molecule has 0 saturated heterocycles. The number of rotatable bonds is 3. The van der Waals surface area contributed by atoms with Crippen molar-refractivity contribution in [1.82, 2.24) is 9.97 Å². The van der Waals surface area contributed by atoms with Gasteiger partial charge in [-0.25, -0.2) is 4.98 Å². The van der Waals surface area contributed by atoms with Crippen LogP contribution < -0.4 is 10.6 Å². The minimum absolute atomic E-state index is 0.0174. The van der Waals surface area contributed by atoms with Gasteiger partial charge in [0.05, 0.1) is 15.8 Å². The summed E-state index contributed by atoms with van der Waals surface area (Å²) in [7, 11) is 0. The lowest BCUT2D eigenvalue weighted by Crippen LogP contribution is -2.14. The maximum atomic E-state index is 12.5. The molecular weight excluding hydrogens is 369 g/mol. The Labute approximate surface area is 149 Å². The number of fused-ring (bicyclic) bond motifs is 1. The van der Waals surface area contributed by atoms with Crippen LogP contribution in [0.2, 0.25) is 0 Å². The maximum Gasteiger partial charge on any atom is 0.433 e. The highest BCUT2D eigenvalue weighted by atomic mass is 32.1. The van der Waals surface area contributed by atoms with E-state index in [2.05, 4.69) is 20.6 Å². The summed E-state index contributed by atoms with van der Waals surface area (Å²) in [6, 6.07) is 6.87. The van der Waals surface area contributed by atoms with Gasteiger partial charge in [-0.3, -0.25) is 19.9 Å². The average molecular weight is 380 g/mol. The lowest BCUT2D eigenvalue weighted by molar-refractivity contribution is -0.141. The van der Waals surface area contributed by atoms with Gasteiger partial charge in [0, 0.05) is 18.8 Å². The van der Waals surface area contributed by atoms with Crippen molar-refractivity contribution in [2.75, 3.05) is 10.6 Å².